The van der Waals surface area contributed by atoms with Crippen LogP contribution in [0.1, 0.15) is 22.3 Å². The molecule has 0 unspecified atom stereocenters. The number of hydrogen-bond acceptors (Lipinski definition) is 3. The molecule has 0 atom stereocenters. The molecular weight excluding hydrogens is 336 g/mol. The molecule has 1 aliphatic heterocycles. The van der Waals surface area contributed by atoms with E-state index in [-0.39, 0.29) is 5.91 Å². The van der Waals surface area contributed by atoms with E-state index in [0.29, 0.717) is 11.3 Å². The van der Waals surface area contributed by atoms with E-state index < -0.39 is 0 Å². The fourth-order valence-corrected chi connectivity index (χ4v) is 3.24. The average Bonchev–Trinajstić information content (AvgIpc) is 2.88. The fourth-order valence-electron chi connectivity index (χ4n) is 3.12. The van der Waals surface area contributed by atoms with Gasteiger partial charge in [0.2, 0.25) is 0 Å². The molecule has 132 valence electrons. The quantitative estimate of drug-likeness (QED) is 0.835. The predicted molar refractivity (Wildman–Crippen MR) is 100 cm³/mol. The lowest BCUT2D eigenvalue weighted by molar-refractivity contribution is 0.0760. The lowest BCUT2D eigenvalue weighted by Gasteiger charge is -2.22. The van der Waals surface area contributed by atoms with E-state index in [1.807, 2.05) is 35.2 Å². The van der Waals surface area contributed by atoms with Crippen molar-refractivity contribution in [3.05, 3.63) is 64.7 Å². The van der Waals surface area contributed by atoms with Crippen LogP contribution in [0.2, 0.25) is 5.02 Å². The van der Waals surface area contributed by atoms with Crippen LogP contribution in [0.25, 0.3) is 0 Å². The minimum atomic E-state index is 0.0762. The van der Waals surface area contributed by atoms with Crippen molar-refractivity contribution < 1.29 is 9.53 Å². The first-order valence-corrected chi connectivity index (χ1v) is 8.93. The zero-order chi connectivity index (χ0) is 17.6. The van der Waals surface area contributed by atoms with Crippen molar-refractivity contribution in [2.24, 2.45) is 0 Å². The second-order valence-corrected chi connectivity index (χ2v) is 6.72. The van der Waals surface area contributed by atoms with Crippen LogP contribution in [0.3, 0.4) is 0 Å². The first kappa shape index (κ1) is 17.8. The number of nitrogens with zero attached hydrogens (tertiary/aromatic N) is 2. The zero-order valence-electron chi connectivity index (χ0n) is 14.5. The first-order chi connectivity index (χ1) is 12.2. The number of ether oxygens (including phenoxy) is 1. The normalized spacial score (nSPS) is 15.7. The zero-order valence-corrected chi connectivity index (χ0v) is 15.2. The summed E-state index contributed by atoms with van der Waals surface area (Å²) in [5, 5.41) is 0.759. The van der Waals surface area contributed by atoms with Gasteiger partial charge < -0.3 is 9.64 Å². The second kappa shape index (κ2) is 8.37. The molecule has 1 fully saturated rings. The minimum absolute atomic E-state index is 0.0762. The predicted octanol–water partition coefficient (Wildman–Crippen LogP) is 3.70. The smallest absolute Gasteiger partial charge is 0.254 e. The van der Waals surface area contributed by atoms with E-state index in [1.54, 1.807) is 13.2 Å². The molecule has 1 amide bonds. The van der Waals surface area contributed by atoms with Crippen LogP contribution in [0.5, 0.6) is 5.75 Å². The molecule has 0 aliphatic carbocycles. The molecule has 0 N–H and O–H groups in total. The van der Waals surface area contributed by atoms with Gasteiger partial charge >= 0.3 is 0 Å². The van der Waals surface area contributed by atoms with Gasteiger partial charge in [-0.15, -0.1) is 0 Å². The standard InChI is InChI=1S/C20H23ClN2O2/c1-25-19-5-2-4-17(14-19)20(24)23-11-3-10-22(12-13-23)15-16-6-8-18(21)9-7-16/h2,4-9,14H,3,10-13,15H2,1H3. The van der Waals surface area contributed by atoms with Crippen molar-refractivity contribution in [3.63, 3.8) is 0 Å². The third-order valence-electron chi connectivity index (χ3n) is 4.51. The highest BCUT2D eigenvalue weighted by Crippen LogP contribution is 2.17. The lowest BCUT2D eigenvalue weighted by Crippen LogP contribution is -2.35. The Balaban J connectivity index is 1.60. The largest absolute Gasteiger partial charge is 0.497 e. The van der Waals surface area contributed by atoms with Crippen LogP contribution in [0, 0.1) is 0 Å². The summed E-state index contributed by atoms with van der Waals surface area (Å²) in [4.78, 5) is 17.1. The van der Waals surface area contributed by atoms with Gasteiger partial charge in [0.1, 0.15) is 5.75 Å². The van der Waals surface area contributed by atoms with Crippen LogP contribution in [-0.4, -0.2) is 49.0 Å². The van der Waals surface area contributed by atoms with Crippen molar-refractivity contribution in [1.82, 2.24) is 9.80 Å². The Hall–Kier alpha value is -2.04. The molecular formula is C20H23ClN2O2. The molecule has 3 rings (SSSR count). The summed E-state index contributed by atoms with van der Waals surface area (Å²) in [5.41, 5.74) is 1.93. The van der Waals surface area contributed by atoms with Gasteiger partial charge in [0, 0.05) is 43.3 Å². The Kier molecular flexibility index (Phi) is 5.95. The van der Waals surface area contributed by atoms with Gasteiger partial charge in [0.15, 0.2) is 0 Å². The summed E-state index contributed by atoms with van der Waals surface area (Å²) >= 11 is 5.95. The summed E-state index contributed by atoms with van der Waals surface area (Å²) in [6.07, 6.45) is 0.975. The maximum atomic E-state index is 12.8. The molecule has 0 saturated carbocycles. The van der Waals surface area contributed by atoms with Crippen molar-refractivity contribution in [2.75, 3.05) is 33.3 Å². The molecule has 0 radical (unpaired) electrons. The van der Waals surface area contributed by atoms with Gasteiger partial charge in [-0.25, -0.2) is 0 Å². The van der Waals surface area contributed by atoms with E-state index in [1.165, 1.54) is 5.56 Å². The summed E-state index contributed by atoms with van der Waals surface area (Å²) in [6.45, 7) is 4.28. The number of hydrogen-bond donors (Lipinski definition) is 0. The van der Waals surface area contributed by atoms with Crippen molar-refractivity contribution >= 4 is 17.5 Å². The Morgan fingerprint density at radius 2 is 1.88 bits per heavy atom. The van der Waals surface area contributed by atoms with Gasteiger partial charge in [0.05, 0.1) is 7.11 Å². The Bertz CT molecular complexity index is 718. The van der Waals surface area contributed by atoms with Crippen LogP contribution >= 0.6 is 11.6 Å². The minimum Gasteiger partial charge on any atom is -0.497 e. The molecule has 25 heavy (non-hydrogen) atoms. The van der Waals surface area contributed by atoms with Crippen molar-refractivity contribution in [3.8, 4) is 5.75 Å². The SMILES string of the molecule is COc1cccc(C(=O)N2CCCN(Cc3ccc(Cl)cc3)CC2)c1. The highest BCUT2D eigenvalue weighted by Gasteiger charge is 2.20. The summed E-state index contributed by atoms with van der Waals surface area (Å²) < 4.78 is 5.22. The molecule has 0 bridgehead atoms. The number of amides is 1. The molecule has 4 nitrogen and oxygen atoms in total. The van der Waals surface area contributed by atoms with Gasteiger partial charge in [-0.05, 0) is 42.3 Å². The summed E-state index contributed by atoms with van der Waals surface area (Å²) in [7, 11) is 1.62. The van der Waals surface area contributed by atoms with E-state index in [2.05, 4.69) is 17.0 Å². The number of carbonyl (C=O) groups is 1. The molecule has 2 aromatic rings. The third-order valence-corrected chi connectivity index (χ3v) is 4.76. The van der Waals surface area contributed by atoms with Crippen molar-refractivity contribution in [1.29, 1.82) is 0 Å². The molecule has 5 heteroatoms. The van der Waals surface area contributed by atoms with Gasteiger partial charge in [-0.2, -0.15) is 0 Å². The monoisotopic (exact) mass is 358 g/mol. The van der Waals surface area contributed by atoms with Crippen LogP contribution < -0.4 is 4.74 Å². The molecule has 1 saturated heterocycles. The number of halogens is 1. The molecule has 0 spiro atoms. The third kappa shape index (κ3) is 4.74. The van der Waals surface area contributed by atoms with Crippen LogP contribution in [0.15, 0.2) is 48.5 Å². The van der Waals surface area contributed by atoms with Gasteiger partial charge in [0.25, 0.3) is 5.91 Å². The van der Waals surface area contributed by atoms with E-state index in [4.69, 9.17) is 16.3 Å². The maximum absolute atomic E-state index is 12.8. The lowest BCUT2D eigenvalue weighted by atomic mass is 10.2. The maximum Gasteiger partial charge on any atom is 0.254 e. The summed E-state index contributed by atoms with van der Waals surface area (Å²) in [5.74, 6) is 0.789. The number of rotatable bonds is 4. The molecule has 2 aromatic carbocycles. The molecule has 0 aromatic heterocycles. The van der Waals surface area contributed by atoms with Crippen LogP contribution in [-0.2, 0) is 6.54 Å². The number of benzene rings is 2. The Morgan fingerprint density at radius 1 is 1.08 bits per heavy atom. The van der Waals surface area contributed by atoms with Crippen molar-refractivity contribution in [2.45, 2.75) is 13.0 Å². The van der Waals surface area contributed by atoms with E-state index >= 15 is 0 Å². The summed E-state index contributed by atoms with van der Waals surface area (Å²) in [6, 6.07) is 15.3. The highest BCUT2D eigenvalue weighted by atomic mass is 35.5. The topological polar surface area (TPSA) is 32.8 Å². The molecule has 1 aliphatic rings. The van der Waals surface area contributed by atoms with E-state index in [9.17, 15) is 4.79 Å². The Labute approximate surface area is 154 Å². The second-order valence-electron chi connectivity index (χ2n) is 6.28. The average molecular weight is 359 g/mol. The van der Waals surface area contributed by atoms with Crippen LogP contribution in [0.4, 0.5) is 0 Å². The Morgan fingerprint density at radius 3 is 2.64 bits per heavy atom. The van der Waals surface area contributed by atoms with Gasteiger partial charge in [-0.1, -0.05) is 29.8 Å². The van der Waals surface area contributed by atoms with E-state index in [0.717, 1.165) is 44.2 Å². The number of carbonyl (C=O) groups excluding carboxylic acids is 1. The first-order valence-electron chi connectivity index (χ1n) is 8.56. The molecule has 1 heterocycles. The highest BCUT2D eigenvalue weighted by molar-refractivity contribution is 6.30. The number of methoxy groups -OCH3 is 1. The fraction of sp³-hybridized carbons (Fsp3) is 0.350. The van der Waals surface area contributed by atoms with Gasteiger partial charge in [-0.3, -0.25) is 9.69 Å².